The van der Waals surface area contributed by atoms with E-state index in [4.69, 9.17) is 0 Å². The monoisotopic (exact) mass is 352 g/mol. The zero-order chi connectivity index (χ0) is 17.2. The van der Waals surface area contributed by atoms with Crippen LogP contribution in [0.2, 0.25) is 0 Å². The summed E-state index contributed by atoms with van der Waals surface area (Å²) in [5.41, 5.74) is 1.76. The largest absolute Gasteiger partial charge is 0.352 e. The van der Waals surface area contributed by atoms with Crippen molar-refractivity contribution in [3.05, 3.63) is 65.6 Å². The van der Waals surface area contributed by atoms with Gasteiger partial charge in [-0.2, -0.15) is 0 Å². The molecule has 0 aliphatic carbocycles. The average molecular weight is 352 g/mol. The Morgan fingerprint density at radius 3 is 3.00 bits per heavy atom. The molecule has 0 unspecified atom stereocenters. The van der Waals surface area contributed by atoms with Crippen LogP contribution >= 0.6 is 11.3 Å². The van der Waals surface area contributed by atoms with Crippen LogP contribution in [0.3, 0.4) is 0 Å². The number of carbonyl (C=O) groups is 1. The number of fused-ring (bicyclic) bond motifs is 1. The van der Waals surface area contributed by atoms with Gasteiger partial charge in [-0.25, -0.2) is 15.0 Å². The van der Waals surface area contributed by atoms with Gasteiger partial charge in [-0.3, -0.25) is 13.8 Å². The van der Waals surface area contributed by atoms with Crippen LogP contribution in [0.25, 0.3) is 10.8 Å². The van der Waals surface area contributed by atoms with Crippen LogP contribution < -0.4 is 5.32 Å². The highest BCUT2D eigenvalue weighted by Gasteiger charge is 2.09. The Morgan fingerprint density at radius 2 is 2.20 bits per heavy atom. The minimum Gasteiger partial charge on any atom is -0.352 e. The van der Waals surface area contributed by atoms with Gasteiger partial charge in [-0.15, -0.1) is 11.3 Å². The first kappa shape index (κ1) is 15.5. The molecule has 0 bridgehead atoms. The summed E-state index contributed by atoms with van der Waals surface area (Å²) in [6, 6.07) is 3.84. The highest BCUT2D eigenvalue weighted by atomic mass is 32.1. The number of pyridine rings is 1. The summed E-state index contributed by atoms with van der Waals surface area (Å²) in [4.78, 5) is 26.0. The van der Waals surface area contributed by atoms with Crippen molar-refractivity contribution in [2.75, 3.05) is 0 Å². The third kappa shape index (κ3) is 3.29. The molecule has 4 heterocycles. The topological polar surface area (TPSA) is 77.1 Å². The van der Waals surface area contributed by atoms with Gasteiger partial charge in [-0.05, 0) is 24.6 Å². The fourth-order valence-electron chi connectivity index (χ4n) is 2.61. The van der Waals surface area contributed by atoms with Gasteiger partial charge in [0.1, 0.15) is 11.6 Å². The number of hydrogen-bond acceptors (Lipinski definition) is 5. The SMILES string of the molecule is Cc1nccn1-c1cc(CNC(=O)Cc2cn3ccsc3n2)ccn1. The Balaban J connectivity index is 1.40. The first-order chi connectivity index (χ1) is 12.2. The molecule has 126 valence electrons. The molecule has 0 saturated heterocycles. The van der Waals surface area contributed by atoms with Crippen molar-refractivity contribution >= 4 is 22.2 Å². The Bertz CT molecular complexity index is 1000. The number of aryl methyl sites for hydroxylation is 1. The lowest BCUT2D eigenvalue weighted by Gasteiger charge is -2.08. The lowest BCUT2D eigenvalue weighted by molar-refractivity contribution is -0.120. The molecule has 4 aromatic rings. The molecule has 4 aromatic heterocycles. The summed E-state index contributed by atoms with van der Waals surface area (Å²) in [5, 5.41) is 4.90. The van der Waals surface area contributed by atoms with Crippen molar-refractivity contribution in [1.29, 1.82) is 0 Å². The summed E-state index contributed by atoms with van der Waals surface area (Å²) in [6.07, 6.45) is 9.43. The first-order valence-corrected chi connectivity index (χ1v) is 8.70. The number of carbonyl (C=O) groups excluding carboxylic acids is 1. The van der Waals surface area contributed by atoms with Crippen molar-refractivity contribution in [2.24, 2.45) is 0 Å². The van der Waals surface area contributed by atoms with Crippen molar-refractivity contribution in [2.45, 2.75) is 19.9 Å². The summed E-state index contributed by atoms with van der Waals surface area (Å²) in [5.74, 6) is 1.60. The highest BCUT2D eigenvalue weighted by Crippen LogP contribution is 2.12. The molecule has 0 spiro atoms. The van der Waals surface area contributed by atoms with Crippen LogP contribution in [0.4, 0.5) is 0 Å². The Labute approximate surface area is 148 Å². The molecule has 0 fully saturated rings. The van der Waals surface area contributed by atoms with E-state index in [0.717, 1.165) is 27.9 Å². The van der Waals surface area contributed by atoms with Gasteiger partial charge in [0.2, 0.25) is 5.91 Å². The number of aromatic nitrogens is 5. The van der Waals surface area contributed by atoms with Gasteiger partial charge in [0.25, 0.3) is 0 Å². The maximum absolute atomic E-state index is 12.2. The molecule has 0 aromatic carbocycles. The maximum atomic E-state index is 12.2. The third-order valence-electron chi connectivity index (χ3n) is 3.86. The quantitative estimate of drug-likeness (QED) is 0.597. The number of thiazole rings is 1. The van der Waals surface area contributed by atoms with E-state index in [1.165, 1.54) is 0 Å². The van der Waals surface area contributed by atoms with E-state index in [-0.39, 0.29) is 12.3 Å². The van der Waals surface area contributed by atoms with Crippen molar-refractivity contribution in [3.63, 3.8) is 0 Å². The van der Waals surface area contributed by atoms with Gasteiger partial charge in [0.05, 0.1) is 12.1 Å². The zero-order valence-electron chi connectivity index (χ0n) is 13.6. The molecule has 0 atom stereocenters. The molecule has 8 heteroatoms. The number of hydrogen-bond donors (Lipinski definition) is 1. The molecule has 0 aliphatic rings. The summed E-state index contributed by atoms with van der Waals surface area (Å²) < 4.78 is 3.83. The Morgan fingerprint density at radius 1 is 1.28 bits per heavy atom. The molecular formula is C17H16N6OS. The van der Waals surface area contributed by atoms with Crippen LogP contribution in [0.5, 0.6) is 0 Å². The van der Waals surface area contributed by atoms with Gasteiger partial charge in [0, 0.05) is 42.9 Å². The zero-order valence-corrected chi connectivity index (χ0v) is 14.4. The molecular weight excluding hydrogens is 336 g/mol. The average Bonchev–Trinajstić information content (AvgIpc) is 3.29. The van der Waals surface area contributed by atoms with E-state index in [1.54, 1.807) is 23.7 Å². The van der Waals surface area contributed by atoms with Crippen LogP contribution in [0.15, 0.2) is 48.5 Å². The molecule has 0 aliphatic heterocycles. The van der Waals surface area contributed by atoms with Gasteiger partial charge in [-0.1, -0.05) is 0 Å². The molecule has 25 heavy (non-hydrogen) atoms. The van der Waals surface area contributed by atoms with E-state index in [9.17, 15) is 4.79 Å². The van der Waals surface area contributed by atoms with Crippen molar-refractivity contribution < 1.29 is 4.79 Å². The van der Waals surface area contributed by atoms with Gasteiger partial charge in [0.15, 0.2) is 4.96 Å². The van der Waals surface area contributed by atoms with Crippen LogP contribution in [-0.4, -0.2) is 29.8 Å². The maximum Gasteiger partial charge on any atom is 0.226 e. The predicted octanol–water partition coefficient (Wildman–Crippen LogP) is 2.14. The second kappa shape index (κ2) is 6.48. The van der Waals surface area contributed by atoms with Crippen LogP contribution in [-0.2, 0) is 17.8 Å². The minimum atomic E-state index is -0.0528. The summed E-state index contributed by atoms with van der Waals surface area (Å²) in [6.45, 7) is 2.37. The standard InChI is InChI=1S/C17H16N6OS/c1-12-18-4-5-23(12)15-8-13(2-3-19-15)10-20-16(24)9-14-11-22-6-7-25-17(22)21-14/h2-8,11H,9-10H2,1H3,(H,20,24). The number of rotatable bonds is 5. The molecule has 7 nitrogen and oxygen atoms in total. The number of nitrogens with zero attached hydrogens (tertiary/aromatic N) is 5. The Hall–Kier alpha value is -3.00. The number of nitrogens with one attached hydrogen (secondary N) is 1. The van der Waals surface area contributed by atoms with Gasteiger partial charge >= 0.3 is 0 Å². The third-order valence-corrected chi connectivity index (χ3v) is 4.63. The lowest BCUT2D eigenvalue weighted by atomic mass is 10.2. The predicted molar refractivity (Wildman–Crippen MR) is 94.7 cm³/mol. The van der Waals surface area contributed by atoms with E-state index in [2.05, 4.69) is 20.3 Å². The Kier molecular flexibility index (Phi) is 4.02. The fraction of sp³-hybridized carbons (Fsp3) is 0.176. The van der Waals surface area contributed by atoms with E-state index >= 15 is 0 Å². The smallest absolute Gasteiger partial charge is 0.226 e. The molecule has 1 amide bonds. The van der Waals surface area contributed by atoms with Crippen molar-refractivity contribution in [1.82, 2.24) is 29.2 Å². The summed E-state index contributed by atoms with van der Waals surface area (Å²) >= 11 is 1.55. The van der Waals surface area contributed by atoms with E-state index in [1.807, 2.05) is 52.0 Å². The highest BCUT2D eigenvalue weighted by molar-refractivity contribution is 7.15. The van der Waals surface area contributed by atoms with Crippen molar-refractivity contribution in [3.8, 4) is 5.82 Å². The molecule has 0 radical (unpaired) electrons. The first-order valence-electron chi connectivity index (χ1n) is 7.82. The fourth-order valence-corrected chi connectivity index (χ4v) is 3.33. The minimum absolute atomic E-state index is 0.0528. The van der Waals surface area contributed by atoms with Crippen LogP contribution in [0, 0.1) is 6.92 Å². The lowest BCUT2D eigenvalue weighted by Crippen LogP contribution is -2.24. The number of amides is 1. The molecule has 4 rings (SSSR count). The number of imidazole rings is 2. The normalized spacial score (nSPS) is 11.1. The second-order valence-electron chi connectivity index (χ2n) is 5.65. The molecule has 0 saturated carbocycles. The van der Waals surface area contributed by atoms with E-state index < -0.39 is 0 Å². The summed E-state index contributed by atoms with van der Waals surface area (Å²) in [7, 11) is 0. The van der Waals surface area contributed by atoms with Gasteiger partial charge < -0.3 is 5.32 Å². The molecule has 1 N–H and O–H groups in total. The van der Waals surface area contributed by atoms with Crippen LogP contribution in [0.1, 0.15) is 17.1 Å². The van der Waals surface area contributed by atoms with E-state index in [0.29, 0.717) is 6.54 Å². The second-order valence-corrected chi connectivity index (χ2v) is 6.52.